The van der Waals surface area contributed by atoms with Crippen molar-refractivity contribution in [1.29, 1.82) is 0 Å². The fraction of sp³-hybridized carbons (Fsp3) is 1.00. The van der Waals surface area contributed by atoms with Gasteiger partial charge in [-0.2, -0.15) is 0 Å². The van der Waals surface area contributed by atoms with E-state index in [2.05, 4.69) is 37.2 Å². The lowest BCUT2D eigenvalue weighted by atomic mass is 10.8. The van der Waals surface area contributed by atoms with Crippen LogP contribution in [0.4, 0.5) is 0 Å². The Kier molecular flexibility index (Phi) is 2.47. The van der Waals surface area contributed by atoms with Crippen molar-refractivity contribution in [2.45, 2.75) is 9.23 Å². The lowest BCUT2D eigenvalue weighted by Gasteiger charge is -1.97. The molecule has 42 valence electrons. The van der Waals surface area contributed by atoms with Gasteiger partial charge in [0.15, 0.2) is 0 Å². The molecule has 1 nitrogen and oxygen atoms in total. The van der Waals surface area contributed by atoms with Gasteiger partial charge in [0, 0.05) is 5.75 Å². The van der Waals surface area contributed by atoms with Gasteiger partial charge in [-0.1, -0.05) is 31.9 Å². The number of alkyl halides is 2. The van der Waals surface area contributed by atoms with Crippen molar-refractivity contribution in [3.8, 4) is 0 Å². The maximum atomic E-state index is 3.42. The van der Waals surface area contributed by atoms with Crippen LogP contribution in [0.2, 0.25) is 0 Å². The van der Waals surface area contributed by atoms with E-state index in [0.29, 0.717) is 9.23 Å². The summed E-state index contributed by atoms with van der Waals surface area (Å²) < 4.78 is 0.455. The highest BCUT2D eigenvalue weighted by Gasteiger charge is 2.17. The van der Waals surface area contributed by atoms with Crippen LogP contribution in [0.25, 0.3) is 0 Å². The van der Waals surface area contributed by atoms with Gasteiger partial charge in [-0.05, 0) is 0 Å². The predicted octanol–water partition coefficient (Wildman–Crippen LogP) is 1.72. The summed E-state index contributed by atoms with van der Waals surface area (Å²) in [4.78, 5) is 0.502. The summed E-state index contributed by atoms with van der Waals surface area (Å²) in [5, 5.41) is 3.21. The first-order valence-electron chi connectivity index (χ1n) is 1.95. The molecule has 1 aliphatic heterocycles. The van der Waals surface area contributed by atoms with Crippen LogP contribution < -0.4 is 5.32 Å². The molecule has 4 heteroatoms. The molecule has 0 aromatic rings. The number of hydrogen-bond donors (Lipinski definition) is 1. The maximum Gasteiger partial charge on any atom is 0.111 e. The van der Waals surface area contributed by atoms with Crippen LogP contribution in [0, 0.1) is 0 Å². The Hall–Kier alpha value is 1.27. The van der Waals surface area contributed by atoms with Gasteiger partial charge in [0.25, 0.3) is 0 Å². The Balaban J connectivity index is 2.26. The Bertz CT molecular complexity index is 62.0. The van der Waals surface area contributed by atoms with Gasteiger partial charge in [0.1, 0.15) is 4.28 Å². The monoisotopic (exact) mass is 245 g/mol. The second-order valence-corrected chi connectivity index (χ2v) is 5.05. The number of nitrogens with one attached hydrogen (secondary N) is 1. The summed E-state index contributed by atoms with van der Waals surface area (Å²) in [6.45, 7) is 0. The molecule has 2 unspecified atom stereocenters. The highest BCUT2D eigenvalue weighted by molar-refractivity contribution is 9.11. The number of rotatable bonds is 0. The quantitative estimate of drug-likeness (QED) is 0.516. The fourth-order valence-corrected chi connectivity index (χ4v) is 3.13. The summed E-state index contributed by atoms with van der Waals surface area (Å²) in [5.74, 6) is 1.15. The zero-order valence-corrected chi connectivity index (χ0v) is 7.51. The minimum Gasteiger partial charge on any atom is -0.283 e. The van der Waals surface area contributed by atoms with Crippen molar-refractivity contribution in [2.24, 2.45) is 0 Å². The standard InChI is InChI=1S/C3H5Br2NS/c4-2-1-7-3(5)6-2/h2-3,6H,1H2. The minimum absolute atomic E-state index is 0.455. The fourth-order valence-electron chi connectivity index (χ4n) is 0.407. The highest BCUT2D eigenvalue weighted by Crippen LogP contribution is 2.25. The van der Waals surface area contributed by atoms with E-state index in [1.165, 1.54) is 0 Å². The van der Waals surface area contributed by atoms with E-state index in [1.807, 2.05) is 11.8 Å². The molecule has 7 heavy (non-hydrogen) atoms. The Morgan fingerprint density at radius 1 is 1.57 bits per heavy atom. The number of halogens is 2. The van der Waals surface area contributed by atoms with Crippen LogP contribution in [-0.4, -0.2) is 15.0 Å². The Morgan fingerprint density at radius 2 is 2.29 bits per heavy atom. The number of thioether (sulfide) groups is 1. The molecule has 2 atom stereocenters. The van der Waals surface area contributed by atoms with Gasteiger partial charge in [-0.15, -0.1) is 11.8 Å². The van der Waals surface area contributed by atoms with E-state index >= 15 is 0 Å². The van der Waals surface area contributed by atoms with Crippen LogP contribution >= 0.6 is 43.6 Å². The van der Waals surface area contributed by atoms with Crippen molar-refractivity contribution < 1.29 is 0 Å². The van der Waals surface area contributed by atoms with E-state index in [4.69, 9.17) is 0 Å². The summed E-state index contributed by atoms with van der Waals surface area (Å²) in [7, 11) is 0. The molecule has 0 bridgehead atoms. The van der Waals surface area contributed by atoms with Crippen molar-refractivity contribution in [3.63, 3.8) is 0 Å². The molecule has 0 amide bonds. The van der Waals surface area contributed by atoms with Gasteiger partial charge >= 0.3 is 0 Å². The molecule has 0 spiro atoms. The first-order chi connectivity index (χ1) is 3.29. The van der Waals surface area contributed by atoms with Crippen LogP contribution in [0.5, 0.6) is 0 Å². The van der Waals surface area contributed by atoms with E-state index in [0.717, 1.165) is 5.75 Å². The molecule has 1 fully saturated rings. The second-order valence-electron chi connectivity index (χ2n) is 1.28. The minimum atomic E-state index is 0.455. The molecule has 0 saturated carbocycles. The average Bonchev–Trinajstić information content (AvgIpc) is 1.87. The van der Waals surface area contributed by atoms with Gasteiger partial charge in [-0.3, -0.25) is 5.32 Å². The average molecular weight is 247 g/mol. The second kappa shape index (κ2) is 2.71. The lowest BCUT2D eigenvalue weighted by molar-refractivity contribution is 0.822. The molecule has 1 rings (SSSR count). The van der Waals surface area contributed by atoms with Gasteiger partial charge < -0.3 is 0 Å². The van der Waals surface area contributed by atoms with Crippen LogP contribution in [-0.2, 0) is 0 Å². The van der Waals surface area contributed by atoms with Gasteiger partial charge in [-0.25, -0.2) is 0 Å². The van der Waals surface area contributed by atoms with Gasteiger partial charge in [0.05, 0.1) is 4.95 Å². The third-order valence-electron chi connectivity index (χ3n) is 0.701. The van der Waals surface area contributed by atoms with Crippen LogP contribution in [0.15, 0.2) is 0 Å². The zero-order chi connectivity index (χ0) is 5.28. The van der Waals surface area contributed by atoms with E-state index in [1.54, 1.807) is 0 Å². The summed E-state index contributed by atoms with van der Waals surface area (Å²) >= 11 is 8.68. The molecule has 0 aromatic carbocycles. The van der Waals surface area contributed by atoms with E-state index < -0.39 is 0 Å². The first kappa shape index (κ1) is 6.39. The van der Waals surface area contributed by atoms with Crippen molar-refractivity contribution >= 4 is 43.6 Å². The Labute approximate surface area is 63.9 Å². The smallest absolute Gasteiger partial charge is 0.111 e. The zero-order valence-electron chi connectivity index (χ0n) is 3.53. The molecule has 0 radical (unpaired) electrons. The molecule has 1 saturated heterocycles. The van der Waals surface area contributed by atoms with Gasteiger partial charge in [0.2, 0.25) is 0 Å². The highest BCUT2D eigenvalue weighted by atomic mass is 79.9. The van der Waals surface area contributed by atoms with E-state index in [-0.39, 0.29) is 0 Å². The summed E-state index contributed by atoms with van der Waals surface area (Å²) in [6.07, 6.45) is 0. The SMILES string of the molecule is BrC1CSC(Br)N1. The molecule has 0 aliphatic carbocycles. The predicted molar refractivity (Wildman–Crippen MR) is 41.0 cm³/mol. The normalized spacial score (nSPS) is 42.0. The summed E-state index contributed by atoms with van der Waals surface area (Å²) in [6, 6.07) is 0. The number of hydrogen-bond acceptors (Lipinski definition) is 2. The van der Waals surface area contributed by atoms with Crippen molar-refractivity contribution in [1.82, 2.24) is 5.32 Å². The van der Waals surface area contributed by atoms with Crippen LogP contribution in [0.1, 0.15) is 0 Å². The summed E-state index contributed by atoms with van der Waals surface area (Å²) in [5.41, 5.74) is 0. The molecule has 1 N–H and O–H groups in total. The molecule has 1 heterocycles. The largest absolute Gasteiger partial charge is 0.283 e. The Morgan fingerprint density at radius 3 is 2.43 bits per heavy atom. The maximum absolute atomic E-state index is 3.42. The molecular weight excluding hydrogens is 242 g/mol. The van der Waals surface area contributed by atoms with Crippen molar-refractivity contribution in [2.75, 3.05) is 5.75 Å². The molecular formula is C3H5Br2NS. The first-order valence-corrected chi connectivity index (χ1v) is 4.83. The lowest BCUT2D eigenvalue weighted by Crippen LogP contribution is -2.19. The third-order valence-corrected chi connectivity index (χ3v) is 3.73. The van der Waals surface area contributed by atoms with Crippen LogP contribution in [0.3, 0.4) is 0 Å². The topological polar surface area (TPSA) is 12.0 Å². The van der Waals surface area contributed by atoms with Crippen molar-refractivity contribution in [3.05, 3.63) is 0 Å². The third kappa shape index (κ3) is 1.91. The molecule has 1 aliphatic rings. The molecule has 0 aromatic heterocycles. The van der Waals surface area contributed by atoms with E-state index in [9.17, 15) is 0 Å².